The van der Waals surface area contributed by atoms with Crippen molar-refractivity contribution in [2.75, 3.05) is 0 Å². The Balaban J connectivity index is 0. The zero-order chi connectivity index (χ0) is 28.2. The van der Waals surface area contributed by atoms with Gasteiger partial charge in [-0.1, -0.05) is 118 Å². The Kier molecular flexibility index (Phi) is 21.8. The van der Waals surface area contributed by atoms with Crippen molar-refractivity contribution >= 4 is 31.1 Å². The van der Waals surface area contributed by atoms with E-state index in [-0.39, 0.29) is 20.4 Å². The number of halogens is 4. The fourth-order valence-corrected chi connectivity index (χ4v) is 4.80. The van der Waals surface area contributed by atoms with Crippen LogP contribution in [0.4, 0.5) is 17.3 Å². The smallest absolute Gasteiger partial charge is 0.577 e. The molecular weight excluding hydrogens is 682 g/mol. The summed E-state index contributed by atoms with van der Waals surface area (Å²) in [6.45, 7) is 10.0. The first-order chi connectivity index (χ1) is 17.5. The van der Waals surface area contributed by atoms with Crippen molar-refractivity contribution in [1.29, 1.82) is 0 Å². The Morgan fingerprint density at radius 3 is 0.974 bits per heavy atom. The average molecular weight is 715 g/mol. The van der Waals surface area contributed by atoms with Crippen LogP contribution in [0.25, 0.3) is 5.59 Å². The molecule has 3 aromatic carbocycles. The SMILES string of the molecule is C=CC(C)(C)C.F[B-](F)(F)F.[CH]1[CH][CH][CH][CH]1.[N-]=O.[Re].c1ccc(P(c2ccccc2)c2ccccc2)cc1. The molecule has 0 heterocycles. The van der Waals surface area contributed by atoms with Crippen molar-refractivity contribution in [1.82, 2.24) is 0 Å². The van der Waals surface area contributed by atoms with Gasteiger partial charge in [0.15, 0.2) is 0 Å². The Bertz CT molecular complexity index is 848. The Morgan fingerprint density at radius 1 is 0.632 bits per heavy atom. The number of benzene rings is 3. The molecule has 1 fully saturated rings. The van der Waals surface area contributed by atoms with Gasteiger partial charge in [-0.3, -0.25) is 0 Å². The van der Waals surface area contributed by atoms with E-state index >= 15 is 0 Å². The van der Waals surface area contributed by atoms with Crippen LogP contribution in [0.1, 0.15) is 20.8 Å². The summed E-state index contributed by atoms with van der Waals surface area (Å²) in [7, 11) is -6.45. The summed E-state index contributed by atoms with van der Waals surface area (Å²) in [5.41, 5.74) is 6.06. The second-order valence-electron chi connectivity index (χ2n) is 8.37. The quantitative estimate of drug-likeness (QED) is 0.117. The van der Waals surface area contributed by atoms with Gasteiger partial charge < -0.3 is 27.8 Å². The van der Waals surface area contributed by atoms with E-state index in [0.717, 1.165) is 0 Å². The molecule has 0 saturated heterocycles. The molecule has 38 heavy (non-hydrogen) atoms. The summed E-state index contributed by atoms with van der Waals surface area (Å²) in [4.78, 5) is 7.25. The van der Waals surface area contributed by atoms with Gasteiger partial charge in [-0.25, -0.2) is 0 Å². The molecule has 2 nitrogen and oxygen atoms in total. The molecule has 6 radical (unpaired) electrons. The van der Waals surface area contributed by atoms with Crippen LogP contribution in [0, 0.1) is 42.4 Å². The van der Waals surface area contributed by atoms with Crippen LogP contribution in [0.5, 0.6) is 0 Å². The third kappa shape index (κ3) is 20.9. The largest absolute Gasteiger partial charge is 0.673 e. The molecule has 0 amide bonds. The van der Waals surface area contributed by atoms with Crippen LogP contribution in [-0.4, -0.2) is 7.25 Å². The number of allylic oxidation sites excluding steroid dienone is 1. The summed E-state index contributed by atoms with van der Waals surface area (Å²) in [5, 5.41) is 4.19. The maximum atomic E-state index is 9.75. The van der Waals surface area contributed by atoms with E-state index in [1.165, 1.54) is 15.9 Å². The standard InChI is InChI=1S/C18H15P.C6H12.C5H5.BF4.NO.Re/c1-4-10-16(11-5-1)19(17-12-6-2-7-13-17)18-14-8-3-9-15-18;1-5-6(2,3)4;1-2-4-5-3-1;2-1(3,4)5;1-2;/h1-15H;5H,1H2,2-4H3;1-5H;;;/q;;;2*-1;. The monoisotopic (exact) mass is 715 g/mol. The van der Waals surface area contributed by atoms with E-state index in [4.69, 9.17) is 10.5 Å². The molecule has 1 aliphatic carbocycles. The van der Waals surface area contributed by atoms with Gasteiger partial charge in [-0.15, -0.1) is 6.58 Å². The third-order valence-corrected chi connectivity index (χ3v) is 6.65. The minimum absolute atomic E-state index is 0. The molecule has 1 aliphatic rings. The van der Waals surface area contributed by atoms with Crippen molar-refractivity contribution in [3.05, 3.63) is 146 Å². The summed E-state index contributed by atoms with van der Waals surface area (Å²) in [6, 6.07) is 32.3. The molecule has 0 bridgehead atoms. The minimum Gasteiger partial charge on any atom is -0.577 e. The summed E-state index contributed by atoms with van der Waals surface area (Å²) >= 11 is 0. The maximum Gasteiger partial charge on any atom is 0.673 e. The fraction of sp³-hybridized carbons (Fsp3) is 0.138. The molecule has 0 unspecified atom stereocenters. The molecule has 0 atom stereocenters. The predicted octanol–water partition coefficient (Wildman–Crippen LogP) is 8.30. The van der Waals surface area contributed by atoms with Crippen LogP contribution < -0.4 is 15.9 Å². The van der Waals surface area contributed by atoms with Crippen molar-refractivity contribution in [3.63, 3.8) is 0 Å². The van der Waals surface area contributed by atoms with Gasteiger partial charge in [-0.2, -0.15) is 0 Å². The molecule has 0 aliphatic heterocycles. The van der Waals surface area contributed by atoms with Crippen LogP contribution in [0.2, 0.25) is 0 Å². The van der Waals surface area contributed by atoms with Crippen molar-refractivity contribution in [2.45, 2.75) is 20.8 Å². The first kappa shape index (κ1) is 38.0. The first-order valence-corrected chi connectivity index (χ1v) is 12.7. The Labute approximate surface area is 240 Å². The minimum atomic E-state index is -6.00. The maximum absolute atomic E-state index is 9.75. The third-order valence-electron chi connectivity index (χ3n) is 4.21. The zero-order valence-electron chi connectivity index (χ0n) is 21.6. The fourth-order valence-electron chi connectivity index (χ4n) is 2.50. The summed E-state index contributed by atoms with van der Waals surface area (Å²) in [5.74, 6) is 0. The van der Waals surface area contributed by atoms with Gasteiger partial charge in [0.25, 0.3) is 0 Å². The van der Waals surface area contributed by atoms with Crippen molar-refractivity contribution in [3.8, 4) is 0 Å². The number of nitrogens with zero attached hydrogens (tertiary/aromatic N) is 1. The van der Waals surface area contributed by atoms with E-state index in [1.54, 1.807) is 0 Å². The van der Waals surface area contributed by atoms with E-state index in [2.05, 4.69) is 118 Å². The molecule has 4 rings (SSSR count). The Hall–Kier alpha value is -2.12. The molecule has 0 spiro atoms. The van der Waals surface area contributed by atoms with E-state index in [0.29, 0.717) is 5.41 Å². The van der Waals surface area contributed by atoms with Crippen molar-refractivity contribution < 1.29 is 37.7 Å². The van der Waals surface area contributed by atoms with Crippen LogP contribution in [0.3, 0.4) is 0 Å². The summed E-state index contributed by atoms with van der Waals surface area (Å²) < 4.78 is 39.0. The van der Waals surface area contributed by atoms with E-state index < -0.39 is 15.2 Å². The normalized spacial score (nSPS) is 11.9. The molecule has 1 saturated carbocycles. The number of rotatable bonds is 3. The van der Waals surface area contributed by atoms with Crippen molar-refractivity contribution in [2.24, 2.45) is 5.41 Å². The van der Waals surface area contributed by atoms with Crippen LogP contribution in [0.15, 0.2) is 104 Å². The first-order valence-electron chi connectivity index (χ1n) is 11.3. The Morgan fingerprint density at radius 2 is 0.816 bits per heavy atom. The van der Waals surface area contributed by atoms with Gasteiger partial charge >= 0.3 is 7.25 Å². The van der Waals surface area contributed by atoms with Gasteiger partial charge in [0.05, 0.1) is 0 Å². The van der Waals surface area contributed by atoms with Gasteiger partial charge in [0, 0.05) is 20.4 Å². The van der Waals surface area contributed by atoms with E-state index in [1.807, 2.05) is 38.2 Å². The topological polar surface area (TPSA) is 39.4 Å². The van der Waals surface area contributed by atoms with Crippen LogP contribution in [-0.2, 0) is 20.4 Å². The van der Waals surface area contributed by atoms with Gasteiger partial charge in [0.2, 0.25) is 0 Å². The molecular formula is C29H32BF4NOPRe-2. The van der Waals surface area contributed by atoms with E-state index in [9.17, 15) is 17.3 Å². The molecule has 0 N–H and O–H groups in total. The molecule has 204 valence electrons. The van der Waals surface area contributed by atoms with Crippen LogP contribution >= 0.6 is 7.92 Å². The average Bonchev–Trinajstić information content (AvgIpc) is 3.47. The number of hydrogen-bond donors (Lipinski definition) is 0. The van der Waals surface area contributed by atoms with Gasteiger partial charge in [-0.05, 0) is 61.4 Å². The summed E-state index contributed by atoms with van der Waals surface area (Å²) in [6.07, 6.45) is 11.9. The number of nitroso groups, excluding NO2 is 1. The molecule has 0 aromatic heterocycles. The predicted molar refractivity (Wildman–Crippen MR) is 153 cm³/mol. The molecule has 3 aromatic rings. The second kappa shape index (κ2) is 21.8. The number of hydrogen-bond acceptors (Lipinski definition) is 1. The van der Waals surface area contributed by atoms with Gasteiger partial charge in [0.1, 0.15) is 0 Å². The molecule has 9 heteroatoms. The zero-order valence-corrected chi connectivity index (χ0v) is 25.2. The second-order valence-corrected chi connectivity index (χ2v) is 10.6.